The highest BCUT2D eigenvalue weighted by Crippen LogP contribution is 2.24. The third kappa shape index (κ3) is 3.12. The van der Waals surface area contributed by atoms with Crippen molar-refractivity contribution in [1.29, 1.82) is 0 Å². The molecule has 0 aliphatic carbocycles. The second-order valence-electron chi connectivity index (χ2n) is 4.19. The van der Waals surface area contributed by atoms with Gasteiger partial charge < -0.3 is 5.11 Å². The third-order valence-corrected chi connectivity index (χ3v) is 3.22. The van der Waals surface area contributed by atoms with Crippen molar-refractivity contribution in [3.63, 3.8) is 0 Å². The summed E-state index contributed by atoms with van der Waals surface area (Å²) < 4.78 is 13.4. The van der Waals surface area contributed by atoms with Crippen molar-refractivity contribution < 1.29 is 9.50 Å². The Bertz CT molecular complexity index is 523. The number of aliphatic hydroxyl groups excluding tert-OH is 1. The maximum absolute atomic E-state index is 13.4. The summed E-state index contributed by atoms with van der Waals surface area (Å²) in [7, 11) is 0. The predicted molar refractivity (Wildman–Crippen MR) is 74.5 cm³/mol. The summed E-state index contributed by atoms with van der Waals surface area (Å²) in [6, 6.07) is 13.0. The van der Waals surface area contributed by atoms with Crippen LogP contribution in [0.15, 0.2) is 47.4 Å². The van der Waals surface area contributed by atoms with Crippen molar-refractivity contribution in [3.8, 4) is 11.1 Å². The molecule has 0 saturated carbocycles. The summed E-state index contributed by atoms with van der Waals surface area (Å²) in [6.07, 6.45) is 1.63. The molecule has 0 saturated heterocycles. The van der Waals surface area contributed by atoms with Crippen LogP contribution in [-0.2, 0) is 6.42 Å². The van der Waals surface area contributed by atoms with Crippen molar-refractivity contribution in [2.45, 2.75) is 17.7 Å². The van der Waals surface area contributed by atoms with Crippen LogP contribution in [0.1, 0.15) is 12.0 Å². The number of thiol groups is 1. The van der Waals surface area contributed by atoms with Gasteiger partial charge in [-0.3, -0.25) is 0 Å². The first kappa shape index (κ1) is 13.1. The Morgan fingerprint density at radius 1 is 1.00 bits per heavy atom. The first-order valence-electron chi connectivity index (χ1n) is 5.89. The Hall–Kier alpha value is -1.32. The van der Waals surface area contributed by atoms with E-state index in [0.717, 1.165) is 24.0 Å². The van der Waals surface area contributed by atoms with Crippen LogP contribution in [-0.4, -0.2) is 11.7 Å². The molecule has 0 bridgehead atoms. The second-order valence-corrected chi connectivity index (χ2v) is 4.67. The Morgan fingerprint density at radius 2 is 1.67 bits per heavy atom. The van der Waals surface area contributed by atoms with E-state index in [-0.39, 0.29) is 12.4 Å². The number of rotatable bonds is 4. The van der Waals surface area contributed by atoms with Gasteiger partial charge in [0.2, 0.25) is 0 Å². The van der Waals surface area contributed by atoms with Gasteiger partial charge in [-0.1, -0.05) is 30.3 Å². The molecule has 18 heavy (non-hydrogen) atoms. The molecule has 2 aromatic rings. The van der Waals surface area contributed by atoms with E-state index < -0.39 is 0 Å². The van der Waals surface area contributed by atoms with E-state index in [1.165, 1.54) is 11.6 Å². The molecule has 0 fully saturated rings. The fourth-order valence-electron chi connectivity index (χ4n) is 1.83. The molecule has 0 atom stereocenters. The van der Waals surface area contributed by atoms with E-state index in [1.54, 1.807) is 6.07 Å². The lowest BCUT2D eigenvalue weighted by Gasteiger charge is -2.05. The molecule has 0 heterocycles. The number of benzene rings is 2. The minimum absolute atomic E-state index is 0.205. The quantitative estimate of drug-likeness (QED) is 0.805. The summed E-state index contributed by atoms with van der Waals surface area (Å²) in [5.41, 5.74) is 3.01. The lowest BCUT2D eigenvalue weighted by molar-refractivity contribution is 0.288. The average Bonchev–Trinajstić information content (AvgIpc) is 2.40. The van der Waals surface area contributed by atoms with E-state index >= 15 is 0 Å². The number of aliphatic hydroxyl groups is 1. The largest absolute Gasteiger partial charge is 0.396 e. The molecule has 1 nitrogen and oxygen atoms in total. The molecule has 0 aliphatic rings. The van der Waals surface area contributed by atoms with Gasteiger partial charge in [0.05, 0.1) is 0 Å². The zero-order valence-corrected chi connectivity index (χ0v) is 10.8. The summed E-state index contributed by atoms with van der Waals surface area (Å²) in [5, 5.41) is 8.77. The second kappa shape index (κ2) is 6.03. The molecule has 0 spiro atoms. The lowest BCUT2D eigenvalue weighted by Crippen LogP contribution is -1.89. The monoisotopic (exact) mass is 262 g/mol. The van der Waals surface area contributed by atoms with Gasteiger partial charge in [0.1, 0.15) is 5.82 Å². The van der Waals surface area contributed by atoms with E-state index in [2.05, 4.69) is 12.6 Å². The van der Waals surface area contributed by atoms with Gasteiger partial charge in [-0.2, -0.15) is 0 Å². The summed E-state index contributed by atoms with van der Waals surface area (Å²) in [5.74, 6) is -0.305. The maximum Gasteiger partial charge on any atom is 0.137 e. The molecule has 2 aromatic carbocycles. The van der Waals surface area contributed by atoms with Gasteiger partial charge in [-0.15, -0.1) is 12.6 Å². The van der Waals surface area contributed by atoms with Crippen LogP contribution in [0, 0.1) is 5.82 Å². The van der Waals surface area contributed by atoms with E-state index in [9.17, 15) is 4.39 Å². The third-order valence-electron chi connectivity index (χ3n) is 2.86. The Balaban J connectivity index is 2.20. The molecule has 0 amide bonds. The van der Waals surface area contributed by atoms with Crippen molar-refractivity contribution in [1.82, 2.24) is 0 Å². The molecule has 0 aliphatic heterocycles. The zero-order chi connectivity index (χ0) is 13.0. The normalized spacial score (nSPS) is 10.6. The number of hydrogen-bond acceptors (Lipinski definition) is 2. The topological polar surface area (TPSA) is 20.2 Å². The summed E-state index contributed by atoms with van der Waals surface area (Å²) >= 11 is 4.01. The molecule has 0 radical (unpaired) electrons. The van der Waals surface area contributed by atoms with Crippen LogP contribution in [0.4, 0.5) is 4.39 Å². The van der Waals surface area contributed by atoms with Crippen molar-refractivity contribution in [3.05, 3.63) is 53.8 Å². The summed E-state index contributed by atoms with van der Waals surface area (Å²) in [4.78, 5) is 0.360. The Kier molecular flexibility index (Phi) is 4.39. The van der Waals surface area contributed by atoms with Crippen LogP contribution >= 0.6 is 12.6 Å². The fraction of sp³-hybridized carbons (Fsp3) is 0.200. The van der Waals surface area contributed by atoms with Crippen LogP contribution in [0.3, 0.4) is 0 Å². The molecule has 2 rings (SSSR count). The van der Waals surface area contributed by atoms with Crippen LogP contribution in [0.5, 0.6) is 0 Å². The zero-order valence-electron chi connectivity index (χ0n) is 9.94. The van der Waals surface area contributed by atoms with Gasteiger partial charge >= 0.3 is 0 Å². The summed E-state index contributed by atoms with van der Waals surface area (Å²) in [6.45, 7) is 0.205. The Labute approximate surface area is 112 Å². The van der Waals surface area contributed by atoms with E-state index in [1.807, 2.05) is 30.3 Å². The van der Waals surface area contributed by atoms with Crippen LogP contribution in [0.25, 0.3) is 11.1 Å². The van der Waals surface area contributed by atoms with Crippen LogP contribution < -0.4 is 0 Å². The molecule has 3 heteroatoms. The molecule has 0 unspecified atom stereocenters. The first-order chi connectivity index (χ1) is 8.70. The highest BCUT2D eigenvalue weighted by molar-refractivity contribution is 7.80. The van der Waals surface area contributed by atoms with Crippen molar-refractivity contribution in [2.24, 2.45) is 0 Å². The molecule has 94 valence electrons. The minimum Gasteiger partial charge on any atom is -0.396 e. The van der Waals surface area contributed by atoms with Crippen LogP contribution in [0.2, 0.25) is 0 Å². The highest BCUT2D eigenvalue weighted by Gasteiger charge is 2.02. The first-order valence-corrected chi connectivity index (χ1v) is 6.34. The minimum atomic E-state index is -0.305. The van der Waals surface area contributed by atoms with Gasteiger partial charge in [-0.05, 0) is 41.7 Å². The molecule has 1 N–H and O–H groups in total. The smallest absolute Gasteiger partial charge is 0.137 e. The fourth-order valence-corrected chi connectivity index (χ4v) is 1.97. The standard InChI is InChI=1S/C15H15FOS/c16-14-10-13(7-8-15(14)18)12-5-3-11(4-6-12)2-1-9-17/h3-8,10,17-18H,1-2,9H2. The van der Waals surface area contributed by atoms with Gasteiger partial charge in [0.25, 0.3) is 0 Å². The van der Waals surface area contributed by atoms with E-state index in [0.29, 0.717) is 4.90 Å². The highest BCUT2D eigenvalue weighted by atomic mass is 32.1. The molecular weight excluding hydrogens is 247 g/mol. The molecule has 0 aromatic heterocycles. The number of hydrogen-bond donors (Lipinski definition) is 2. The SMILES string of the molecule is OCCCc1ccc(-c2ccc(S)c(F)c2)cc1. The number of aryl methyl sites for hydroxylation is 1. The predicted octanol–water partition coefficient (Wildman–Crippen LogP) is 3.71. The van der Waals surface area contributed by atoms with Gasteiger partial charge in [0.15, 0.2) is 0 Å². The van der Waals surface area contributed by atoms with Gasteiger partial charge in [0, 0.05) is 11.5 Å². The number of halogens is 1. The Morgan fingerprint density at radius 3 is 2.28 bits per heavy atom. The maximum atomic E-state index is 13.4. The average molecular weight is 262 g/mol. The van der Waals surface area contributed by atoms with E-state index in [4.69, 9.17) is 5.11 Å². The van der Waals surface area contributed by atoms with Crippen molar-refractivity contribution >= 4 is 12.6 Å². The van der Waals surface area contributed by atoms with Crippen molar-refractivity contribution in [2.75, 3.05) is 6.61 Å². The lowest BCUT2D eigenvalue weighted by atomic mass is 10.0. The molecular formula is C15H15FOS. The van der Waals surface area contributed by atoms with Gasteiger partial charge in [-0.25, -0.2) is 4.39 Å².